The average Bonchev–Trinajstić information content (AvgIpc) is 3.08. The summed E-state index contributed by atoms with van der Waals surface area (Å²) >= 11 is 1.72. The van der Waals surface area contributed by atoms with Gasteiger partial charge in [-0.15, -0.1) is 0 Å². The molecule has 5 heteroatoms. The third-order valence-electron chi connectivity index (χ3n) is 4.49. The highest BCUT2D eigenvalue weighted by Crippen LogP contribution is 2.48. The smallest absolute Gasteiger partial charge is 0.169 e. The van der Waals surface area contributed by atoms with Crippen LogP contribution in [-0.4, -0.2) is 25.9 Å². The van der Waals surface area contributed by atoms with Gasteiger partial charge in [-0.2, -0.15) is 0 Å². The molecule has 2 heterocycles. The number of thioether (sulfide) groups is 1. The van der Waals surface area contributed by atoms with Crippen molar-refractivity contribution in [2.75, 3.05) is 30.9 Å². The first-order chi connectivity index (χ1) is 11.1. The van der Waals surface area contributed by atoms with E-state index in [4.69, 9.17) is 9.73 Å². The van der Waals surface area contributed by atoms with Gasteiger partial charge < -0.3 is 15.0 Å². The summed E-state index contributed by atoms with van der Waals surface area (Å²) < 4.78 is 5.32. The van der Waals surface area contributed by atoms with Crippen molar-refractivity contribution < 1.29 is 4.74 Å². The molecule has 0 aliphatic carbocycles. The van der Waals surface area contributed by atoms with E-state index in [-0.39, 0.29) is 5.54 Å². The normalized spacial score (nSPS) is 21.7. The first kappa shape index (κ1) is 14.5. The molecule has 118 valence electrons. The number of methoxy groups -OCH3 is 1. The molecule has 2 aromatic rings. The highest BCUT2D eigenvalue weighted by atomic mass is 32.2. The van der Waals surface area contributed by atoms with E-state index in [9.17, 15) is 0 Å². The molecule has 0 bridgehead atoms. The van der Waals surface area contributed by atoms with Gasteiger partial charge in [0.15, 0.2) is 5.17 Å². The van der Waals surface area contributed by atoms with E-state index in [1.807, 2.05) is 13.1 Å². The Kier molecular flexibility index (Phi) is 3.27. The van der Waals surface area contributed by atoms with Crippen LogP contribution in [0.1, 0.15) is 12.5 Å². The molecule has 0 spiro atoms. The molecule has 1 atom stereocenters. The van der Waals surface area contributed by atoms with Crippen molar-refractivity contribution in [3.8, 4) is 5.75 Å². The van der Waals surface area contributed by atoms with Crippen molar-refractivity contribution in [2.24, 2.45) is 4.99 Å². The van der Waals surface area contributed by atoms with Crippen LogP contribution in [0.2, 0.25) is 0 Å². The highest BCUT2D eigenvalue weighted by Gasteiger charge is 2.41. The number of hydrogen-bond acceptors (Lipinski definition) is 5. The van der Waals surface area contributed by atoms with Crippen molar-refractivity contribution in [3.05, 3.63) is 48.0 Å². The monoisotopic (exact) mass is 325 g/mol. The summed E-state index contributed by atoms with van der Waals surface area (Å²) in [7, 11) is 3.64. The van der Waals surface area contributed by atoms with Crippen LogP contribution in [0.15, 0.2) is 52.4 Å². The second-order valence-corrected chi connectivity index (χ2v) is 7.03. The lowest BCUT2D eigenvalue weighted by molar-refractivity contribution is 0.414. The summed E-state index contributed by atoms with van der Waals surface area (Å²) in [4.78, 5) is 8.55. The third kappa shape index (κ3) is 2.27. The first-order valence-corrected chi connectivity index (χ1v) is 8.46. The Morgan fingerprint density at radius 2 is 2.00 bits per heavy atom. The van der Waals surface area contributed by atoms with Crippen LogP contribution in [0.3, 0.4) is 0 Å². The molecular formula is C18H19N3OS. The molecule has 1 unspecified atom stereocenters. The molecule has 0 fully saturated rings. The minimum atomic E-state index is -0.202. The van der Waals surface area contributed by atoms with Crippen LogP contribution in [0.25, 0.3) is 0 Å². The maximum Gasteiger partial charge on any atom is 0.169 e. The Morgan fingerprint density at radius 3 is 2.70 bits per heavy atom. The zero-order valence-electron chi connectivity index (χ0n) is 13.5. The summed E-state index contributed by atoms with van der Waals surface area (Å²) in [6.45, 7) is 3.07. The van der Waals surface area contributed by atoms with Crippen LogP contribution >= 0.6 is 11.8 Å². The number of fused-ring (bicyclic) bond motifs is 3. The Balaban J connectivity index is 1.66. The lowest BCUT2D eigenvalue weighted by atomic mass is 9.93. The Bertz CT molecular complexity index is 787. The average molecular weight is 325 g/mol. The molecule has 0 radical (unpaired) electrons. The zero-order valence-corrected chi connectivity index (χ0v) is 14.3. The fourth-order valence-corrected chi connectivity index (χ4v) is 4.30. The van der Waals surface area contributed by atoms with Crippen LogP contribution in [0.5, 0.6) is 5.75 Å². The van der Waals surface area contributed by atoms with Crippen LogP contribution in [-0.2, 0) is 5.54 Å². The lowest BCUT2D eigenvalue weighted by Gasteiger charge is -2.24. The number of amidine groups is 1. The van der Waals surface area contributed by atoms with Crippen molar-refractivity contribution in [1.29, 1.82) is 0 Å². The first-order valence-electron chi connectivity index (χ1n) is 7.64. The molecule has 0 aromatic heterocycles. The summed E-state index contributed by atoms with van der Waals surface area (Å²) in [6.07, 6.45) is 0. The van der Waals surface area contributed by atoms with Gasteiger partial charge in [-0.3, -0.25) is 0 Å². The van der Waals surface area contributed by atoms with Gasteiger partial charge in [0.05, 0.1) is 19.3 Å². The SMILES string of the molecule is CNc1ccc(C2(C)CN3C(=N2)Sc2cc(OC)ccc23)cc1. The van der Waals surface area contributed by atoms with Crippen LogP contribution in [0, 0.1) is 0 Å². The second kappa shape index (κ2) is 5.20. The van der Waals surface area contributed by atoms with Crippen LogP contribution in [0.4, 0.5) is 11.4 Å². The molecule has 2 aromatic carbocycles. The molecule has 1 N–H and O–H groups in total. The number of nitrogens with one attached hydrogen (secondary N) is 1. The molecule has 4 rings (SSSR count). The maximum absolute atomic E-state index is 5.32. The molecule has 2 aliphatic rings. The van der Waals surface area contributed by atoms with Gasteiger partial charge in [-0.1, -0.05) is 12.1 Å². The van der Waals surface area contributed by atoms with Gasteiger partial charge in [0.2, 0.25) is 0 Å². The number of nitrogens with zero attached hydrogens (tertiary/aromatic N) is 2. The number of benzene rings is 2. The summed E-state index contributed by atoms with van der Waals surface area (Å²) in [5.41, 5.74) is 3.39. The molecular weight excluding hydrogens is 306 g/mol. The van der Waals surface area contributed by atoms with Gasteiger partial charge in [0.1, 0.15) is 11.3 Å². The third-order valence-corrected chi connectivity index (χ3v) is 5.53. The summed E-state index contributed by atoms with van der Waals surface area (Å²) in [6, 6.07) is 14.8. The van der Waals surface area contributed by atoms with E-state index >= 15 is 0 Å². The fraction of sp³-hybridized carbons (Fsp3) is 0.278. The predicted octanol–water partition coefficient (Wildman–Crippen LogP) is 3.93. The predicted molar refractivity (Wildman–Crippen MR) is 97.0 cm³/mol. The van der Waals surface area contributed by atoms with E-state index in [1.54, 1.807) is 18.9 Å². The fourth-order valence-electron chi connectivity index (χ4n) is 3.12. The molecule has 0 amide bonds. The van der Waals surface area contributed by atoms with Crippen molar-refractivity contribution in [2.45, 2.75) is 17.4 Å². The van der Waals surface area contributed by atoms with Crippen molar-refractivity contribution in [3.63, 3.8) is 0 Å². The standard InChI is InChI=1S/C18H19N3OS/c1-18(12-4-6-13(19-2)7-5-12)11-21-15-9-8-14(22-3)10-16(15)23-17(21)20-18/h4-10,19H,11H2,1-3H3. The van der Waals surface area contributed by atoms with E-state index < -0.39 is 0 Å². The van der Waals surface area contributed by atoms with Gasteiger partial charge in [0, 0.05) is 17.6 Å². The van der Waals surface area contributed by atoms with Crippen molar-refractivity contribution >= 4 is 28.3 Å². The number of hydrogen-bond donors (Lipinski definition) is 1. The number of rotatable bonds is 3. The van der Waals surface area contributed by atoms with Gasteiger partial charge in [-0.25, -0.2) is 4.99 Å². The minimum absolute atomic E-state index is 0.202. The molecule has 23 heavy (non-hydrogen) atoms. The highest BCUT2D eigenvalue weighted by molar-refractivity contribution is 8.14. The Hall–Kier alpha value is -2.14. The van der Waals surface area contributed by atoms with Crippen LogP contribution < -0.4 is 15.0 Å². The number of anilines is 2. The van der Waals surface area contributed by atoms with E-state index in [2.05, 4.69) is 53.5 Å². The molecule has 2 aliphatic heterocycles. The van der Waals surface area contributed by atoms with Crippen molar-refractivity contribution in [1.82, 2.24) is 0 Å². The summed E-state index contributed by atoms with van der Waals surface area (Å²) in [5, 5.41) is 4.24. The molecule has 0 saturated heterocycles. The van der Waals surface area contributed by atoms with E-state index in [1.165, 1.54) is 16.1 Å². The lowest BCUT2D eigenvalue weighted by Crippen LogP contribution is -2.30. The zero-order chi connectivity index (χ0) is 16.0. The van der Waals surface area contributed by atoms with Gasteiger partial charge >= 0.3 is 0 Å². The van der Waals surface area contributed by atoms with Gasteiger partial charge in [-0.05, 0) is 54.6 Å². The number of ether oxygens (including phenoxy) is 1. The Labute approximate surface area is 140 Å². The topological polar surface area (TPSA) is 36.9 Å². The second-order valence-electron chi connectivity index (χ2n) is 6.02. The number of aliphatic imine (C=N–C) groups is 1. The summed E-state index contributed by atoms with van der Waals surface area (Å²) in [5.74, 6) is 0.892. The van der Waals surface area contributed by atoms with Gasteiger partial charge in [0.25, 0.3) is 0 Å². The molecule has 0 saturated carbocycles. The Morgan fingerprint density at radius 1 is 1.22 bits per heavy atom. The largest absolute Gasteiger partial charge is 0.497 e. The maximum atomic E-state index is 5.32. The molecule has 4 nitrogen and oxygen atoms in total. The quantitative estimate of drug-likeness (QED) is 0.927. The minimum Gasteiger partial charge on any atom is -0.497 e. The van der Waals surface area contributed by atoms with E-state index in [0.717, 1.165) is 23.1 Å². The van der Waals surface area contributed by atoms with E-state index in [0.29, 0.717) is 0 Å².